The number of rotatable bonds is 6. The second-order valence-electron chi connectivity index (χ2n) is 5.91. The van der Waals surface area contributed by atoms with Crippen LogP contribution in [-0.2, 0) is 11.3 Å². The summed E-state index contributed by atoms with van der Waals surface area (Å²) in [5.41, 5.74) is 2.68. The van der Waals surface area contributed by atoms with Crippen LogP contribution >= 0.6 is 11.3 Å². The molecule has 0 aliphatic carbocycles. The smallest absolute Gasteiger partial charge is 0.363 e. The molecule has 0 bridgehead atoms. The Labute approximate surface area is 166 Å². The Morgan fingerprint density at radius 3 is 2.50 bits per heavy atom. The summed E-state index contributed by atoms with van der Waals surface area (Å²) in [5.74, 6) is -0.196. The molecule has 0 saturated carbocycles. The van der Waals surface area contributed by atoms with Crippen molar-refractivity contribution < 1.29 is 14.3 Å². The highest BCUT2D eigenvalue weighted by atomic mass is 32.1. The van der Waals surface area contributed by atoms with Gasteiger partial charge >= 0.3 is 5.97 Å². The van der Waals surface area contributed by atoms with Gasteiger partial charge in [-0.05, 0) is 12.1 Å². The summed E-state index contributed by atoms with van der Waals surface area (Å²) in [7, 11) is 1.50. The molecule has 2 heterocycles. The van der Waals surface area contributed by atoms with E-state index >= 15 is 0 Å². The zero-order valence-corrected chi connectivity index (χ0v) is 15.9. The average molecular weight is 391 g/mol. The number of nitrogens with zero attached hydrogens (tertiary/aromatic N) is 3. The summed E-state index contributed by atoms with van der Waals surface area (Å²) in [5, 5.41) is 7.09. The van der Waals surface area contributed by atoms with Crippen molar-refractivity contribution >= 4 is 17.3 Å². The van der Waals surface area contributed by atoms with E-state index in [1.54, 1.807) is 10.9 Å². The zero-order chi connectivity index (χ0) is 19.3. The predicted molar refractivity (Wildman–Crippen MR) is 107 cm³/mol. The van der Waals surface area contributed by atoms with Gasteiger partial charge < -0.3 is 9.47 Å². The molecule has 0 saturated heterocycles. The van der Waals surface area contributed by atoms with E-state index in [2.05, 4.69) is 10.1 Å². The molecule has 0 amide bonds. The molecule has 0 aliphatic heterocycles. The Morgan fingerprint density at radius 2 is 1.79 bits per heavy atom. The normalized spacial score (nSPS) is 10.6. The van der Waals surface area contributed by atoms with Gasteiger partial charge in [0.1, 0.15) is 11.6 Å². The summed E-state index contributed by atoms with van der Waals surface area (Å²) in [4.78, 5) is 17.0. The zero-order valence-electron chi connectivity index (χ0n) is 15.1. The van der Waals surface area contributed by atoms with Crippen LogP contribution in [0.15, 0.2) is 72.2 Å². The minimum absolute atomic E-state index is 0.0729. The number of carbonyl (C=O) groups excluding carboxylic acids is 1. The first-order valence-electron chi connectivity index (χ1n) is 8.60. The lowest BCUT2D eigenvalue weighted by Crippen LogP contribution is -2.08. The molecule has 140 valence electrons. The fourth-order valence-corrected chi connectivity index (χ4v) is 3.47. The number of methoxy groups -OCH3 is 1. The van der Waals surface area contributed by atoms with Crippen molar-refractivity contribution in [1.82, 2.24) is 14.8 Å². The monoisotopic (exact) mass is 391 g/mol. The van der Waals surface area contributed by atoms with E-state index in [-0.39, 0.29) is 12.3 Å². The first kappa shape index (κ1) is 17.9. The van der Waals surface area contributed by atoms with Crippen molar-refractivity contribution in [2.75, 3.05) is 7.11 Å². The summed E-state index contributed by atoms with van der Waals surface area (Å²) in [6, 6.07) is 19.4. The van der Waals surface area contributed by atoms with Gasteiger partial charge in [0.2, 0.25) is 5.69 Å². The molecule has 2 aromatic heterocycles. The first-order chi connectivity index (χ1) is 13.7. The van der Waals surface area contributed by atoms with Crippen molar-refractivity contribution in [3.05, 3.63) is 83.6 Å². The van der Waals surface area contributed by atoms with E-state index in [1.165, 1.54) is 18.4 Å². The molecule has 0 radical (unpaired) electrons. The van der Waals surface area contributed by atoms with E-state index in [0.29, 0.717) is 11.4 Å². The van der Waals surface area contributed by atoms with E-state index in [9.17, 15) is 4.79 Å². The molecule has 0 spiro atoms. The maximum Gasteiger partial charge on any atom is 0.363 e. The highest BCUT2D eigenvalue weighted by Crippen LogP contribution is 2.24. The minimum atomic E-state index is -0.555. The SMILES string of the molecule is COc1cn(-c2ccccc2)nc1C(=O)OCc1csc(-c2ccccc2)n1. The van der Waals surface area contributed by atoms with Crippen molar-refractivity contribution in [2.24, 2.45) is 0 Å². The maximum atomic E-state index is 12.5. The van der Waals surface area contributed by atoms with Gasteiger partial charge in [0.05, 0.1) is 24.7 Å². The Morgan fingerprint density at radius 1 is 1.07 bits per heavy atom. The summed E-state index contributed by atoms with van der Waals surface area (Å²) < 4.78 is 12.3. The van der Waals surface area contributed by atoms with Gasteiger partial charge in [0.25, 0.3) is 0 Å². The lowest BCUT2D eigenvalue weighted by atomic mass is 10.2. The Kier molecular flexibility index (Phi) is 5.16. The minimum Gasteiger partial charge on any atom is -0.493 e. The highest BCUT2D eigenvalue weighted by Gasteiger charge is 2.20. The topological polar surface area (TPSA) is 66.2 Å². The fourth-order valence-electron chi connectivity index (χ4n) is 2.66. The third kappa shape index (κ3) is 3.79. The average Bonchev–Trinajstić information content (AvgIpc) is 3.40. The third-order valence-electron chi connectivity index (χ3n) is 4.04. The Bertz CT molecular complexity index is 1070. The van der Waals surface area contributed by atoms with Gasteiger partial charge in [-0.2, -0.15) is 5.10 Å². The maximum absolute atomic E-state index is 12.5. The summed E-state index contributed by atoms with van der Waals surface area (Å²) >= 11 is 1.51. The van der Waals surface area contributed by atoms with Gasteiger partial charge in [-0.15, -0.1) is 11.3 Å². The molecule has 7 heteroatoms. The van der Waals surface area contributed by atoms with Crippen LogP contribution in [0.5, 0.6) is 5.75 Å². The number of esters is 1. The van der Waals surface area contributed by atoms with Gasteiger partial charge in [-0.25, -0.2) is 14.5 Å². The Balaban J connectivity index is 1.47. The van der Waals surface area contributed by atoms with Crippen LogP contribution in [-0.4, -0.2) is 27.8 Å². The summed E-state index contributed by atoms with van der Waals surface area (Å²) in [6.45, 7) is 0.0729. The van der Waals surface area contributed by atoms with Crippen molar-refractivity contribution in [1.29, 1.82) is 0 Å². The molecule has 28 heavy (non-hydrogen) atoms. The largest absolute Gasteiger partial charge is 0.493 e. The number of ether oxygens (including phenoxy) is 2. The van der Waals surface area contributed by atoms with Crippen LogP contribution in [0.25, 0.3) is 16.3 Å². The van der Waals surface area contributed by atoms with Crippen LogP contribution in [0.1, 0.15) is 16.2 Å². The van der Waals surface area contributed by atoms with Gasteiger partial charge in [-0.1, -0.05) is 48.5 Å². The lowest BCUT2D eigenvalue weighted by Gasteiger charge is -2.02. The number of benzene rings is 2. The molecule has 0 fully saturated rings. The van der Waals surface area contributed by atoms with Crippen molar-refractivity contribution in [3.8, 4) is 22.0 Å². The molecule has 4 rings (SSSR count). The van der Waals surface area contributed by atoms with Gasteiger partial charge in [0.15, 0.2) is 5.75 Å². The highest BCUT2D eigenvalue weighted by molar-refractivity contribution is 7.13. The Hall–Kier alpha value is -3.45. The second-order valence-corrected chi connectivity index (χ2v) is 6.77. The molecule has 6 nitrogen and oxygen atoms in total. The van der Waals surface area contributed by atoms with Gasteiger partial charge in [-0.3, -0.25) is 0 Å². The summed E-state index contributed by atoms with van der Waals surface area (Å²) in [6.07, 6.45) is 1.66. The van der Waals surface area contributed by atoms with E-state index in [1.807, 2.05) is 66.0 Å². The first-order valence-corrected chi connectivity index (χ1v) is 9.48. The third-order valence-corrected chi connectivity index (χ3v) is 4.98. The second kappa shape index (κ2) is 8.06. The van der Waals surface area contributed by atoms with Crippen molar-refractivity contribution in [3.63, 3.8) is 0 Å². The number of aromatic nitrogens is 3. The molecule has 4 aromatic rings. The van der Waals surface area contributed by atoms with Crippen LogP contribution < -0.4 is 4.74 Å². The van der Waals surface area contributed by atoms with Crippen LogP contribution in [0.3, 0.4) is 0 Å². The molecule has 0 aliphatic rings. The fraction of sp³-hybridized carbons (Fsp3) is 0.0952. The molecular weight excluding hydrogens is 374 g/mol. The standard InChI is InChI=1S/C21H17N3O3S/c1-26-18-12-24(17-10-6-3-7-11-17)23-19(18)21(25)27-13-16-14-28-20(22-16)15-8-4-2-5-9-15/h2-12,14H,13H2,1H3. The number of hydrogen-bond acceptors (Lipinski definition) is 6. The molecule has 0 N–H and O–H groups in total. The number of para-hydroxylation sites is 1. The molecular formula is C21H17N3O3S. The van der Waals surface area contributed by atoms with Crippen LogP contribution in [0, 0.1) is 0 Å². The number of carbonyl (C=O) groups is 1. The molecule has 0 atom stereocenters. The quantitative estimate of drug-likeness (QED) is 0.457. The van der Waals surface area contributed by atoms with E-state index < -0.39 is 5.97 Å². The van der Waals surface area contributed by atoms with Crippen molar-refractivity contribution in [2.45, 2.75) is 6.61 Å². The van der Waals surface area contributed by atoms with Crippen LogP contribution in [0.4, 0.5) is 0 Å². The molecule has 0 unspecified atom stereocenters. The number of hydrogen-bond donors (Lipinski definition) is 0. The van der Waals surface area contributed by atoms with Gasteiger partial charge in [0, 0.05) is 10.9 Å². The lowest BCUT2D eigenvalue weighted by molar-refractivity contribution is 0.0457. The predicted octanol–water partition coefficient (Wildman–Crippen LogP) is 4.36. The van der Waals surface area contributed by atoms with E-state index in [4.69, 9.17) is 9.47 Å². The van der Waals surface area contributed by atoms with Crippen LogP contribution in [0.2, 0.25) is 0 Å². The van der Waals surface area contributed by atoms with E-state index in [0.717, 1.165) is 16.3 Å². The number of thiazole rings is 1. The molecule has 2 aromatic carbocycles.